The number of hydrogen-bond donors (Lipinski definition) is 1. The van der Waals surface area contributed by atoms with Crippen molar-refractivity contribution in [2.75, 3.05) is 5.32 Å². The molecule has 0 bridgehead atoms. The summed E-state index contributed by atoms with van der Waals surface area (Å²) in [5.41, 5.74) is 2.01. The molecular formula is C11H9BrClN3. The summed E-state index contributed by atoms with van der Waals surface area (Å²) in [4.78, 5) is 8.26. The van der Waals surface area contributed by atoms with Crippen molar-refractivity contribution in [2.45, 2.75) is 6.92 Å². The van der Waals surface area contributed by atoms with Gasteiger partial charge in [0.2, 0.25) is 5.95 Å². The van der Waals surface area contributed by atoms with E-state index in [9.17, 15) is 0 Å². The standard InChI is InChI=1S/C11H9BrClN3/c1-7-2-3-9(13)4-10(7)16-11-14-5-8(12)6-15-11/h2-6H,1H3,(H,14,15,16). The number of aryl methyl sites for hydroxylation is 1. The Morgan fingerprint density at radius 1 is 1.25 bits per heavy atom. The molecule has 0 saturated heterocycles. The number of aromatic nitrogens is 2. The Balaban J connectivity index is 2.26. The minimum absolute atomic E-state index is 0.550. The van der Waals surface area contributed by atoms with Crippen LogP contribution in [0, 0.1) is 6.92 Å². The zero-order valence-corrected chi connectivity index (χ0v) is 10.9. The highest BCUT2D eigenvalue weighted by atomic mass is 79.9. The largest absolute Gasteiger partial charge is 0.324 e. The summed E-state index contributed by atoms with van der Waals surface area (Å²) in [6.45, 7) is 2.00. The van der Waals surface area contributed by atoms with Gasteiger partial charge in [-0.05, 0) is 40.5 Å². The number of hydrogen-bond acceptors (Lipinski definition) is 3. The molecule has 0 aliphatic rings. The van der Waals surface area contributed by atoms with Gasteiger partial charge in [0.15, 0.2) is 0 Å². The average Bonchev–Trinajstić information content (AvgIpc) is 2.27. The van der Waals surface area contributed by atoms with E-state index in [1.165, 1.54) is 0 Å². The van der Waals surface area contributed by atoms with E-state index in [1.54, 1.807) is 12.4 Å². The van der Waals surface area contributed by atoms with Crippen LogP contribution in [0.2, 0.25) is 5.02 Å². The van der Waals surface area contributed by atoms with Gasteiger partial charge in [-0.25, -0.2) is 9.97 Å². The first-order chi connectivity index (χ1) is 7.65. The van der Waals surface area contributed by atoms with E-state index >= 15 is 0 Å². The second kappa shape index (κ2) is 4.80. The molecule has 0 fully saturated rings. The van der Waals surface area contributed by atoms with Gasteiger partial charge in [0.1, 0.15) is 0 Å². The van der Waals surface area contributed by atoms with Crippen molar-refractivity contribution in [3.63, 3.8) is 0 Å². The minimum Gasteiger partial charge on any atom is -0.324 e. The lowest BCUT2D eigenvalue weighted by Crippen LogP contribution is -1.97. The molecule has 82 valence electrons. The molecule has 0 atom stereocenters. The second-order valence-corrected chi connectivity index (χ2v) is 4.66. The van der Waals surface area contributed by atoms with E-state index in [0.29, 0.717) is 11.0 Å². The van der Waals surface area contributed by atoms with Crippen LogP contribution >= 0.6 is 27.5 Å². The maximum absolute atomic E-state index is 5.92. The van der Waals surface area contributed by atoms with Gasteiger partial charge in [-0.15, -0.1) is 0 Å². The molecule has 2 rings (SSSR count). The summed E-state index contributed by atoms with van der Waals surface area (Å²) < 4.78 is 0.848. The molecule has 1 N–H and O–H groups in total. The summed E-state index contributed by atoms with van der Waals surface area (Å²) in [6.07, 6.45) is 3.38. The summed E-state index contributed by atoms with van der Waals surface area (Å²) in [5, 5.41) is 3.80. The van der Waals surface area contributed by atoms with Gasteiger partial charge in [0, 0.05) is 23.1 Å². The summed E-state index contributed by atoms with van der Waals surface area (Å²) >= 11 is 9.20. The summed E-state index contributed by atoms with van der Waals surface area (Å²) in [7, 11) is 0. The van der Waals surface area contributed by atoms with E-state index in [-0.39, 0.29) is 0 Å². The zero-order valence-electron chi connectivity index (χ0n) is 8.54. The Hall–Kier alpha value is -1.13. The maximum Gasteiger partial charge on any atom is 0.227 e. The van der Waals surface area contributed by atoms with Crippen LogP contribution in [0.3, 0.4) is 0 Å². The predicted octanol–water partition coefficient (Wildman–Crippen LogP) is 3.94. The first kappa shape index (κ1) is 11.4. The van der Waals surface area contributed by atoms with Gasteiger partial charge in [0.25, 0.3) is 0 Å². The van der Waals surface area contributed by atoms with Crippen molar-refractivity contribution in [1.82, 2.24) is 9.97 Å². The van der Waals surface area contributed by atoms with Crippen LogP contribution in [-0.2, 0) is 0 Å². The fourth-order valence-electron chi connectivity index (χ4n) is 1.23. The molecule has 0 aliphatic carbocycles. The van der Waals surface area contributed by atoms with Crippen molar-refractivity contribution in [1.29, 1.82) is 0 Å². The molecule has 3 nitrogen and oxygen atoms in total. The summed E-state index contributed by atoms with van der Waals surface area (Å²) in [5.74, 6) is 0.550. The third-order valence-electron chi connectivity index (χ3n) is 2.07. The number of nitrogens with zero attached hydrogens (tertiary/aromatic N) is 2. The fraction of sp³-hybridized carbons (Fsp3) is 0.0909. The fourth-order valence-corrected chi connectivity index (χ4v) is 1.60. The van der Waals surface area contributed by atoms with Crippen LogP contribution in [0.5, 0.6) is 0 Å². The zero-order chi connectivity index (χ0) is 11.5. The normalized spacial score (nSPS) is 10.2. The average molecular weight is 299 g/mol. The molecule has 0 spiro atoms. The van der Waals surface area contributed by atoms with E-state index < -0.39 is 0 Å². The van der Waals surface area contributed by atoms with Crippen LogP contribution in [0.15, 0.2) is 35.1 Å². The van der Waals surface area contributed by atoms with Crippen LogP contribution in [0.25, 0.3) is 0 Å². The number of halogens is 2. The molecule has 0 unspecified atom stereocenters. The van der Waals surface area contributed by atoms with Gasteiger partial charge in [-0.2, -0.15) is 0 Å². The molecule has 16 heavy (non-hydrogen) atoms. The highest BCUT2D eigenvalue weighted by Gasteiger charge is 2.01. The van der Waals surface area contributed by atoms with E-state index in [1.807, 2.05) is 25.1 Å². The smallest absolute Gasteiger partial charge is 0.227 e. The number of rotatable bonds is 2. The summed E-state index contributed by atoms with van der Waals surface area (Å²) in [6, 6.07) is 5.65. The van der Waals surface area contributed by atoms with E-state index in [4.69, 9.17) is 11.6 Å². The van der Waals surface area contributed by atoms with Crippen LogP contribution < -0.4 is 5.32 Å². The van der Waals surface area contributed by atoms with Crippen molar-refractivity contribution in [3.05, 3.63) is 45.7 Å². The Labute approximate surface area is 107 Å². The quantitative estimate of drug-likeness (QED) is 0.912. The molecule has 1 aromatic carbocycles. The Morgan fingerprint density at radius 3 is 2.62 bits per heavy atom. The molecule has 0 aliphatic heterocycles. The van der Waals surface area contributed by atoms with Gasteiger partial charge >= 0.3 is 0 Å². The second-order valence-electron chi connectivity index (χ2n) is 3.31. The third-order valence-corrected chi connectivity index (χ3v) is 2.71. The molecular weight excluding hydrogens is 289 g/mol. The number of benzene rings is 1. The van der Waals surface area contributed by atoms with E-state index in [2.05, 4.69) is 31.2 Å². The van der Waals surface area contributed by atoms with Crippen molar-refractivity contribution in [2.24, 2.45) is 0 Å². The Morgan fingerprint density at radius 2 is 1.94 bits per heavy atom. The highest BCUT2D eigenvalue weighted by Crippen LogP contribution is 2.22. The molecule has 0 amide bonds. The number of anilines is 2. The van der Waals surface area contributed by atoms with Crippen molar-refractivity contribution >= 4 is 39.2 Å². The van der Waals surface area contributed by atoms with Gasteiger partial charge in [-0.3, -0.25) is 0 Å². The van der Waals surface area contributed by atoms with E-state index in [0.717, 1.165) is 15.7 Å². The predicted molar refractivity (Wildman–Crippen MR) is 69.2 cm³/mol. The molecule has 0 radical (unpaired) electrons. The third kappa shape index (κ3) is 2.71. The lowest BCUT2D eigenvalue weighted by Gasteiger charge is -2.07. The monoisotopic (exact) mass is 297 g/mol. The van der Waals surface area contributed by atoms with Crippen LogP contribution in [0.1, 0.15) is 5.56 Å². The first-order valence-corrected chi connectivity index (χ1v) is 5.83. The lowest BCUT2D eigenvalue weighted by atomic mass is 10.2. The van der Waals surface area contributed by atoms with Crippen LogP contribution in [0.4, 0.5) is 11.6 Å². The van der Waals surface area contributed by atoms with Crippen molar-refractivity contribution in [3.8, 4) is 0 Å². The minimum atomic E-state index is 0.550. The molecule has 2 aromatic rings. The molecule has 0 saturated carbocycles. The first-order valence-electron chi connectivity index (χ1n) is 4.66. The number of nitrogens with one attached hydrogen (secondary N) is 1. The van der Waals surface area contributed by atoms with Crippen molar-refractivity contribution < 1.29 is 0 Å². The molecule has 1 heterocycles. The topological polar surface area (TPSA) is 37.8 Å². The highest BCUT2D eigenvalue weighted by molar-refractivity contribution is 9.10. The Kier molecular flexibility index (Phi) is 3.41. The van der Waals surface area contributed by atoms with Gasteiger partial charge < -0.3 is 5.32 Å². The van der Waals surface area contributed by atoms with Gasteiger partial charge in [0.05, 0.1) is 4.47 Å². The lowest BCUT2D eigenvalue weighted by molar-refractivity contribution is 1.15. The van der Waals surface area contributed by atoms with Crippen LogP contribution in [-0.4, -0.2) is 9.97 Å². The molecule has 5 heteroatoms. The van der Waals surface area contributed by atoms with Gasteiger partial charge in [-0.1, -0.05) is 17.7 Å². The molecule has 1 aromatic heterocycles. The Bertz CT molecular complexity index is 499. The maximum atomic E-state index is 5.92. The SMILES string of the molecule is Cc1ccc(Cl)cc1Nc1ncc(Br)cn1.